The van der Waals surface area contributed by atoms with Crippen LogP contribution in [-0.2, 0) is 19.2 Å². The Kier molecular flexibility index (Phi) is 5.05. The maximum absolute atomic E-state index is 10.8. The topological polar surface area (TPSA) is 149 Å². The van der Waals surface area contributed by atoms with Crippen LogP contribution < -0.4 is 0 Å². The number of aliphatic carboxylic acids is 4. The van der Waals surface area contributed by atoms with E-state index in [2.05, 4.69) is 11.7 Å². The van der Waals surface area contributed by atoms with Gasteiger partial charge in [0.2, 0.25) is 0 Å². The molecule has 0 amide bonds. The Hall–Kier alpha value is -1.42. The summed E-state index contributed by atoms with van der Waals surface area (Å²) in [6, 6.07) is 0. The molecule has 0 aromatic heterocycles. The number of carboxylic acids is 4. The van der Waals surface area contributed by atoms with E-state index in [0.29, 0.717) is 0 Å². The number of carboxylic acid groups (broad SMARTS) is 4. The highest BCUT2D eigenvalue weighted by Crippen LogP contribution is 2.72. The standard InChI is InChI=1S/C8H14O8S2/c9-5(10)1-18(17,2-6(11)12,3-7(13)14)4-8(15)16/h17-18H,1-4H2,(H,9,10)(H,11,12)(H,13,14)(H,15,16). The Morgan fingerprint density at radius 3 is 0.944 bits per heavy atom. The van der Waals surface area contributed by atoms with E-state index in [-0.39, 0.29) is 0 Å². The first-order chi connectivity index (χ1) is 7.96. The number of rotatable bonds is 8. The van der Waals surface area contributed by atoms with Gasteiger partial charge in [0.15, 0.2) is 0 Å². The first kappa shape index (κ1) is 16.6. The van der Waals surface area contributed by atoms with Crippen LogP contribution in [0, 0.1) is 0 Å². The molecule has 106 valence electrons. The molecule has 0 atom stereocenters. The van der Waals surface area contributed by atoms with Gasteiger partial charge < -0.3 is 20.4 Å². The minimum Gasteiger partial charge on any atom is -0.481 e. The normalized spacial score (nSPS) is 13.3. The number of hydrogen-bond acceptors (Lipinski definition) is 5. The van der Waals surface area contributed by atoms with Gasteiger partial charge in [0.05, 0.1) is 23.0 Å². The van der Waals surface area contributed by atoms with Crippen LogP contribution in [0.3, 0.4) is 0 Å². The molecule has 0 aliphatic rings. The van der Waals surface area contributed by atoms with E-state index >= 15 is 0 Å². The second-order valence-corrected chi connectivity index (χ2v) is 12.6. The average Bonchev–Trinajstić information content (AvgIpc) is 1.92. The lowest BCUT2D eigenvalue weighted by molar-refractivity contribution is -0.134. The zero-order chi connectivity index (χ0) is 14.6. The Morgan fingerprint density at radius 1 is 0.667 bits per heavy atom. The zero-order valence-electron chi connectivity index (χ0n) is 9.14. The van der Waals surface area contributed by atoms with Crippen LogP contribution >= 0.6 is 19.9 Å². The summed E-state index contributed by atoms with van der Waals surface area (Å²) in [5.74, 6) is -9.31. The van der Waals surface area contributed by atoms with E-state index in [1.165, 1.54) is 0 Å². The quantitative estimate of drug-likeness (QED) is 0.253. The molecule has 0 aliphatic heterocycles. The molecule has 0 spiro atoms. The molecule has 0 aromatic rings. The monoisotopic (exact) mass is 302 g/mol. The van der Waals surface area contributed by atoms with Crippen molar-refractivity contribution in [3.63, 3.8) is 0 Å². The third-order valence-corrected chi connectivity index (χ3v) is 8.19. The van der Waals surface area contributed by atoms with Crippen molar-refractivity contribution >= 4 is 43.7 Å². The van der Waals surface area contributed by atoms with E-state index in [1.54, 1.807) is 0 Å². The van der Waals surface area contributed by atoms with Crippen molar-refractivity contribution in [1.29, 1.82) is 0 Å². The van der Waals surface area contributed by atoms with E-state index < -0.39 is 55.1 Å². The van der Waals surface area contributed by atoms with Crippen LogP contribution in [0.15, 0.2) is 0 Å². The van der Waals surface area contributed by atoms with E-state index in [9.17, 15) is 19.2 Å². The fraction of sp³-hybridized carbons (Fsp3) is 0.500. The molecule has 18 heavy (non-hydrogen) atoms. The summed E-state index contributed by atoms with van der Waals surface area (Å²) in [5.41, 5.74) is 0. The van der Waals surface area contributed by atoms with Gasteiger partial charge in [-0.05, 0) is 0 Å². The van der Waals surface area contributed by atoms with Crippen LogP contribution in [0.25, 0.3) is 0 Å². The molecule has 0 saturated carbocycles. The first-order valence-electron chi connectivity index (χ1n) is 4.59. The summed E-state index contributed by atoms with van der Waals surface area (Å²) >= 11 is 3.97. The van der Waals surface area contributed by atoms with Crippen LogP contribution in [-0.4, -0.2) is 67.3 Å². The van der Waals surface area contributed by atoms with Gasteiger partial charge in [0, 0.05) is 0 Å². The van der Waals surface area contributed by atoms with Crippen LogP contribution in [0.4, 0.5) is 0 Å². The summed E-state index contributed by atoms with van der Waals surface area (Å²) in [5, 5.41) is 35.0. The van der Waals surface area contributed by atoms with Crippen molar-refractivity contribution in [3.05, 3.63) is 0 Å². The summed E-state index contributed by atoms with van der Waals surface area (Å²) in [6.45, 7) is 0. The van der Waals surface area contributed by atoms with Gasteiger partial charge in [0.25, 0.3) is 0 Å². The molecule has 0 radical (unpaired) electrons. The Bertz CT molecular complexity index is 328. The largest absolute Gasteiger partial charge is 0.481 e. The minimum absolute atomic E-state index is 0.861. The second kappa shape index (κ2) is 5.48. The van der Waals surface area contributed by atoms with Gasteiger partial charge in [0.1, 0.15) is 0 Å². The predicted octanol–water partition coefficient (Wildman–Crippen LogP) is -0.758. The van der Waals surface area contributed by atoms with Crippen molar-refractivity contribution in [1.82, 2.24) is 0 Å². The lowest BCUT2D eigenvalue weighted by Crippen LogP contribution is -2.39. The highest BCUT2D eigenvalue weighted by atomic mass is 33.2. The van der Waals surface area contributed by atoms with Crippen LogP contribution in [0.2, 0.25) is 0 Å². The summed E-state index contributed by atoms with van der Waals surface area (Å²) < 4.78 is 0. The van der Waals surface area contributed by atoms with Gasteiger partial charge in [-0.1, -0.05) is 0 Å². The van der Waals surface area contributed by atoms with E-state index in [1.807, 2.05) is 0 Å². The fourth-order valence-corrected chi connectivity index (χ4v) is 6.63. The lowest BCUT2D eigenvalue weighted by Gasteiger charge is -2.52. The highest BCUT2D eigenvalue weighted by molar-refractivity contribution is 8.98. The van der Waals surface area contributed by atoms with Crippen molar-refractivity contribution in [2.24, 2.45) is 0 Å². The van der Waals surface area contributed by atoms with E-state index in [4.69, 9.17) is 20.4 Å². The molecule has 10 heteroatoms. The number of carbonyl (C=O) groups is 4. The van der Waals surface area contributed by atoms with Gasteiger partial charge in [-0.15, -0.1) is 11.7 Å². The summed E-state index contributed by atoms with van der Waals surface area (Å²) in [4.78, 5) is 43.1. The van der Waals surface area contributed by atoms with Crippen molar-refractivity contribution in [3.8, 4) is 0 Å². The molecule has 0 unspecified atom stereocenters. The highest BCUT2D eigenvalue weighted by Gasteiger charge is 2.46. The molecule has 0 saturated heterocycles. The Morgan fingerprint density at radius 2 is 0.833 bits per heavy atom. The minimum atomic E-state index is -4.24. The molecule has 0 heterocycles. The SMILES string of the molecule is O=C(O)C[SH](S)(CC(=O)O)(CC(=O)O)CC(=O)O. The van der Waals surface area contributed by atoms with Crippen molar-refractivity contribution in [2.75, 3.05) is 23.0 Å². The maximum Gasteiger partial charge on any atom is 0.311 e. The number of thiol groups is 2. The Labute approximate surface area is 107 Å². The summed E-state index contributed by atoms with van der Waals surface area (Å²) in [7, 11) is -4.24. The molecular weight excluding hydrogens is 288 g/mol. The molecule has 0 rings (SSSR count). The van der Waals surface area contributed by atoms with Crippen LogP contribution in [0.1, 0.15) is 0 Å². The average molecular weight is 302 g/mol. The third kappa shape index (κ3) is 5.27. The molecule has 0 aromatic carbocycles. The Balaban J connectivity index is 5.63. The van der Waals surface area contributed by atoms with Gasteiger partial charge in [-0.3, -0.25) is 19.2 Å². The second-order valence-electron chi connectivity index (χ2n) is 4.11. The molecule has 4 N–H and O–H groups in total. The van der Waals surface area contributed by atoms with Crippen molar-refractivity contribution in [2.45, 2.75) is 0 Å². The zero-order valence-corrected chi connectivity index (χ0v) is 10.9. The first-order valence-corrected chi connectivity index (χ1v) is 8.72. The summed E-state index contributed by atoms with van der Waals surface area (Å²) in [6.07, 6.45) is 0. The molecule has 0 aliphatic carbocycles. The number of hydrogen-bond donors (Lipinski definition) is 6. The molecular formula is C8H14O8S2. The molecule has 0 fully saturated rings. The van der Waals surface area contributed by atoms with Gasteiger partial charge in [-0.2, -0.15) is 0 Å². The maximum atomic E-state index is 10.8. The van der Waals surface area contributed by atoms with E-state index in [0.717, 1.165) is 0 Å². The third-order valence-electron chi connectivity index (χ3n) is 2.17. The molecule has 8 nitrogen and oxygen atoms in total. The smallest absolute Gasteiger partial charge is 0.311 e. The van der Waals surface area contributed by atoms with Crippen molar-refractivity contribution < 1.29 is 39.6 Å². The molecule has 0 bridgehead atoms. The predicted molar refractivity (Wildman–Crippen MR) is 68.0 cm³/mol. The van der Waals surface area contributed by atoms with Gasteiger partial charge in [-0.25, -0.2) is 8.19 Å². The van der Waals surface area contributed by atoms with Gasteiger partial charge >= 0.3 is 23.9 Å². The van der Waals surface area contributed by atoms with Crippen LogP contribution in [0.5, 0.6) is 0 Å². The fourth-order valence-electron chi connectivity index (χ4n) is 1.73. The lowest BCUT2D eigenvalue weighted by atomic mass is 10.8.